The van der Waals surface area contributed by atoms with Crippen molar-refractivity contribution >= 4 is 71.0 Å². The third-order valence-electron chi connectivity index (χ3n) is 14.1. The van der Waals surface area contributed by atoms with Crippen molar-refractivity contribution in [3.05, 3.63) is 291 Å². The molecule has 2 aliphatic rings. The lowest BCUT2D eigenvalue weighted by Crippen LogP contribution is -2.30. The maximum atomic E-state index is 17.7. The molecule has 0 N–H and O–H groups in total. The highest BCUT2D eigenvalue weighted by molar-refractivity contribution is 7.77. The normalized spacial score (nSPS) is 14.2. The minimum atomic E-state index is -3.99. The second kappa shape index (κ2) is 18.6. The number of hydrogen-bond acceptors (Lipinski definition) is 2. The predicted molar refractivity (Wildman–Crippen MR) is 310 cm³/mol. The number of para-hydroxylation sites is 4. The molecule has 6 nitrogen and oxygen atoms in total. The van der Waals surface area contributed by atoms with Crippen LogP contribution in [0.15, 0.2) is 291 Å². The van der Waals surface area contributed by atoms with Gasteiger partial charge in [-0.25, -0.2) is 0 Å². The van der Waals surface area contributed by atoms with Crippen LogP contribution in [-0.4, -0.2) is 0 Å². The van der Waals surface area contributed by atoms with E-state index in [-0.39, 0.29) is 0 Å². The van der Waals surface area contributed by atoms with Crippen LogP contribution >= 0.6 is 14.9 Å². The molecule has 0 aliphatic carbocycles. The Bertz CT molecular complexity index is 3410. The summed E-state index contributed by atoms with van der Waals surface area (Å²) in [5, 5.41) is 1.16. The van der Waals surface area contributed by atoms with Gasteiger partial charge in [-0.2, -0.15) is 0 Å². The molecule has 13 rings (SSSR count). The van der Waals surface area contributed by atoms with Crippen molar-refractivity contribution in [2.24, 2.45) is 0 Å². The monoisotopic (exact) mass is 990 g/mol. The fourth-order valence-electron chi connectivity index (χ4n) is 10.9. The van der Waals surface area contributed by atoms with Gasteiger partial charge < -0.3 is 0 Å². The second-order valence-electron chi connectivity index (χ2n) is 18.4. The van der Waals surface area contributed by atoms with Crippen molar-refractivity contribution in [2.75, 3.05) is 18.7 Å². The molecule has 0 unspecified atom stereocenters. The third kappa shape index (κ3) is 7.25. The van der Waals surface area contributed by atoms with Gasteiger partial charge in [0.15, 0.2) is 0 Å². The fraction of sp³-hybridized carbons (Fsp3) is 0. The Morgan fingerprint density at radius 3 is 0.568 bits per heavy atom. The van der Waals surface area contributed by atoms with Crippen LogP contribution in [0, 0.1) is 0 Å². The van der Waals surface area contributed by atoms with Gasteiger partial charge in [0.2, 0.25) is 0 Å². The maximum absolute atomic E-state index is 17.7. The largest absolute Gasteiger partial charge is 0.301 e. The molecule has 0 radical (unpaired) electrons. The van der Waals surface area contributed by atoms with Crippen LogP contribution in [0.4, 0.5) is 45.5 Å². The quantitative estimate of drug-likeness (QED) is 0.127. The summed E-state index contributed by atoms with van der Waals surface area (Å²) in [6.07, 6.45) is 0. The van der Waals surface area contributed by atoms with Gasteiger partial charge in [0, 0.05) is 45.0 Å². The second-order valence-corrected chi connectivity index (χ2v) is 23.2. The fourth-order valence-corrected chi connectivity index (χ4v) is 16.9. The molecule has 11 aromatic carbocycles. The van der Waals surface area contributed by atoms with Gasteiger partial charge in [0.05, 0.1) is 33.4 Å². The first-order chi connectivity index (χ1) is 36.5. The molecular weight excluding hydrogens is 943 g/mol. The van der Waals surface area contributed by atoms with Gasteiger partial charge in [0.1, 0.15) is 0 Å². The third-order valence-corrected chi connectivity index (χ3v) is 19.9. The summed E-state index contributed by atoms with van der Waals surface area (Å²) in [5.41, 5.74) is 14.3. The van der Waals surface area contributed by atoms with Crippen molar-refractivity contribution in [1.29, 1.82) is 0 Å². The maximum Gasteiger partial charge on any atom is 0.301 e. The highest BCUT2D eigenvalue weighted by atomic mass is 31.2. The van der Waals surface area contributed by atoms with Gasteiger partial charge in [-0.3, -0.25) is 27.8 Å². The van der Waals surface area contributed by atoms with E-state index in [9.17, 15) is 0 Å². The molecule has 354 valence electrons. The number of rotatable bonds is 10. The van der Waals surface area contributed by atoms with E-state index in [4.69, 9.17) is 0 Å². The highest BCUT2D eigenvalue weighted by Crippen LogP contribution is 2.75. The zero-order chi connectivity index (χ0) is 49.6. The number of benzene rings is 11. The Morgan fingerprint density at radius 2 is 0.378 bits per heavy atom. The molecule has 0 spiro atoms. The Labute approximate surface area is 432 Å². The zero-order valence-electron chi connectivity index (χ0n) is 40.2. The summed E-state index contributed by atoms with van der Waals surface area (Å²) in [7, 11) is -7.98. The van der Waals surface area contributed by atoms with Gasteiger partial charge >= 0.3 is 14.9 Å². The molecule has 0 atom stereocenters. The zero-order valence-corrected chi connectivity index (χ0v) is 42.0. The Morgan fingerprint density at radius 1 is 0.203 bits per heavy atom. The van der Waals surface area contributed by atoms with Crippen molar-refractivity contribution in [2.45, 2.75) is 0 Å². The molecule has 11 aromatic rings. The molecule has 2 heterocycles. The molecule has 0 saturated heterocycles. The van der Waals surface area contributed by atoms with E-state index in [1.54, 1.807) is 0 Å². The molecule has 0 bridgehead atoms. The minimum Gasteiger partial charge on any atom is -0.269 e. The molecule has 0 aromatic heterocycles. The number of hydrogen-bond donors (Lipinski definition) is 0. The van der Waals surface area contributed by atoms with E-state index in [0.29, 0.717) is 10.6 Å². The van der Waals surface area contributed by atoms with Crippen molar-refractivity contribution in [3.8, 4) is 44.5 Å². The molecule has 74 heavy (non-hydrogen) atoms. The summed E-state index contributed by atoms with van der Waals surface area (Å²) >= 11 is 0. The highest BCUT2D eigenvalue weighted by Gasteiger charge is 2.54. The van der Waals surface area contributed by atoms with Crippen molar-refractivity contribution in [3.63, 3.8) is 0 Å². The summed E-state index contributed by atoms with van der Waals surface area (Å²) in [4.78, 5) is 0. The summed E-state index contributed by atoms with van der Waals surface area (Å²) in [6.45, 7) is 0. The smallest absolute Gasteiger partial charge is 0.269 e. The van der Waals surface area contributed by atoms with Gasteiger partial charge in [0.25, 0.3) is 0 Å². The first kappa shape index (κ1) is 45.0. The average molecular weight is 991 g/mol. The molecule has 8 heteroatoms. The summed E-state index contributed by atoms with van der Waals surface area (Å²) in [6, 6.07) is 98.3. The molecule has 2 aliphatic heterocycles. The lowest BCUT2D eigenvalue weighted by atomic mass is 9.95. The number of anilines is 8. The molecule has 0 saturated carbocycles. The van der Waals surface area contributed by atoms with E-state index < -0.39 is 14.9 Å². The summed E-state index contributed by atoms with van der Waals surface area (Å²) in [5.74, 6) is 0. The molecular formula is C66H48N4O2P2. The average Bonchev–Trinajstić information content (AvgIpc) is 3.95. The van der Waals surface area contributed by atoms with Crippen LogP contribution in [0.1, 0.15) is 0 Å². The van der Waals surface area contributed by atoms with Crippen LogP contribution in [0.25, 0.3) is 44.5 Å². The van der Waals surface area contributed by atoms with E-state index in [2.05, 4.69) is 91.5 Å². The van der Waals surface area contributed by atoms with Crippen LogP contribution < -0.4 is 29.3 Å². The van der Waals surface area contributed by atoms with E-state index >= 15 is 9.13 Å². The molecule has 0 amide bonds. The predicted octanol–water partition coefficient (Wildman–Crippen LogP) is 18.0. The van der Waals surface area contributed by atoms with Crippen molar-refractivity contribution in [1.82, 2.24) is 0 Å². The molecule has 0 fully saturated rings. The van der Waals surface area contributed by atoms with Gasteiger partial charge in [-0.15, -0.1) is 0 Å². The standard InChI is InChI=1S/C66H48N4O2P2/c71-73(67(53-33-17-5-18-34-53)63-59(49-25-9-1-10-26-49)45-46-60(50-27-11-2-12-28-50)64(63)68(73)54-35-19-6-20-36-54)57-41-43-58(44-42-57)74(72)69(55-37-21-7-22-38-55)65-61(51-29-13-3-14-30-51)47-48-62(52-31-15-4-16-32-52)66(65)70(74)56-39-23-8-24-40-56/h1-48H. The minimum absolute atomic E-state index is 0.582. The first-order valence-electron chi connectivity index (χ1n) is 24.8. The summed E-state index contributed by atoms with van der Waals surface area (Å²) < 4.78 is 43.8. The Hall–Kier alpha value is -8.92. The Kier molecular flexibility index (Phi) is 11.3. The van der Waals surface area contributed by atoms with E-state index in [0.717, 1.165) is 90.0 Å². The van der Waals surface area contributed by atoms with Gasteiger partial charge in [-0.05, 0) is 95.1 Å². The first-order valence-corrected chi connectivity index (χ1v) is 28.1. The lowest BCUT2D eigenvalue weighted by molar-refractivity contribution is 0.581. The van der Waals surface area contributed by atoms with Crippen LogP contribution in [0.3, 0.4) is 0 Å². The lowest BCUT2D eigenvalue weighted by Gasteiger charge is -2.35. The Balaban J connectivity index is 1.09. The van der Waals surface area contributed by atoms with Crippen molar-refractivity contribution < 1.29 is 9.13 Å². The topological polar surface area (TPSA) is 47.1 Å². The number of nitrogens with zero attached hydrogens (tertiary/aromatic N) is 4. The SMILES string of the molecule is O=P1(c2ccc(P3(=O)N(c4ccccc4)c4c(-c5ccccc5)ccc(-c5ccccc5)c4N3c3ccccc3)cc2)N(c2ccccc2)c2c(-c3ccccc3)ccc(-c3ccccc3)c2N1c1ccccc1. The van der Waals surface area contributed by atoms with Crippen LogP contribution in [-0.2, 0) is 9.13 Å². The van der Waals surface area contributed by atoms with Gasteiger partial charge in [-0.1, -0.05) is 218 Å². The van der Waals surface area contributed by atoms with Crippen LogP contribution in [0.5, 0.6) is 0 Å². The van der Waals surface area contributed by atoms with E-state index in [1.807, 2.05) is 218 Å². The van der Waals surface area contributed by atoms with E-state index in [1.165, 1.54) is 0 Å². The number of fused-ring (bicyclic) bond motifs is 2. The van der Waals surface area contributed by atoms with Crippen LogP contribution in [0.2, 0.25) is 0 Å².